The normalized spacial score (nSPS) is 13.0. The summed E-state index contributed by atoms with van der Waals surface area (Å²) in [7, 11) is 0. The largest absolute Gasteiger partial charge is 0.457 e. The molecule has 10 rings (SSSR count). The standard InChI is InChI=1S/C49H33NO/c1-4-16-36(17-5-1)49(37-18-6-2-7-19-37)43-25-13-15-27-47(43)51-48-31-29-35(33-44(48)49)40-23-11-10-22-39(40)34-28-30-46-42(32-34)41-24-12-14-26-45(41)50(46)38-20-8-3-9-21-38/h1-33H. The molecular weight excluding hydrogens is 619 g/mol. The van der Waals surface area contributed by atoms with Gasteiger partial charge in [0.15, 0.2) is 0 Å². The van der Waals surface area contributed by atoms with Crippen molar-refractivity contribution in [2.45, 2.75) is 5.41 Å². The van der Waals surface area contributed by atoms with Gasteiger partial charge in [-0.25, -0.2) is 0 Å². The van der Waals surface area contributed by atoms with E-state index in [0.29, 0.717) is 0 Å². The Bertz CT molecular complexity index is 2670. The molecule has 0 saturated heterocycles. The number of rotatable bonds is 5. The topological polar surface area (TPSA) is 14.2 Å². The van der Waals surface area contributed by atoms with Gasteiger partial charge in [0.1, 0.15) is 11.5 Å². The Morgan fingerprint density at radius 2 is 0.902 bits per heavy atom. The van der Waals surface area contributed by atoms with Crippen LogP contribution >= 0.6 is 0 Å². The van der Waals surface area contributed by atoms with Crippen LogP contribution in [0, 0.1) is 0 Å². The van der Waals surface area contributed by atoms with Crippen molar-refractivity contribution in [2.75, 3.05) is 0 Å². The van der Waals surface area contributed by atoms with Gasteiger partial charge in [-0.15, -0.1) is 0 Å². The lowest BCUT2D eigenvalue weighted by Gasteiger charge is -2.41. The highest BCUT2D eigenvalue weighted by Gasteiger charge is 2.45. The fourth-order valence-electron chi connectivity index (χ4n) is 8.36. The first kappa shape index (κ1) is 29.3. The van der Waals surface area contributed by atoms with Crippen LogP contribution in [0.4, 0.5) is 0 Å². The Labute approximate surface area is 297 Å². The van der Waals surface area contributed by atoms with Crippen LogP contribution in [0.1, 0.15) is 22.3 Å². The molecule has 2 heteroatoms. The lowest BCUT2D eigenvalue weighted by atomic mass is 9.63. The van der Waals surface area contributed by atoms with Crippen LogP contribution in [0.5, 0.6) is 11.5 Å². The molecule has 0 aliphatic carbocycles. The maximum Gasteiger partial charge on any atom is 0.132 e. The highest BCUT2D eigenvalue weighted by molar-refractivity contribution is 6.10. The van der Waals surface area contributed by atoms with Crippen LogP contribution in [-0.4, -0.2) is 4.57 Å². The first-order chi connectivity index (χ1) is 25.3. The van der Waals surface area contributed by atoms with E-state index in [-0.39, 0.29) is 0 Å². The third kappa shape index (κ3) is 4.50. The van der Waals surface area contributed by atoms with Crippen molar-refractivity contribution in [1.29, 1.82) is 0 Å². The van der Waals surface area contributed by atoms with Crippen molar-refractivity contribution in [2.24, 2.45) is 0 Å². The minimum atomic E-state index is -0.574. The monoisotopic (exact) mass is 651 g/mol. The van der Waals surface area contributed by atoms with Crippen molar-refractivity contribution in [3.8, 4) is 39.4 Å². The maximum atomic E-state index is 6.71. The van der Waals surface area contributed by atoms with Crippen LogP contribution in [0.15, 0.2) is 200 Å². The summed E-state index contributed by atoms with van der Waals surface area (Å²) in [5.74, 6) is 1.76. The summed E-state index contributed by atoms with van der Waals surface area (Å²) in [5, 5.41) is 2.49. The van der Waals surface area contributed by atoms with Crippen LogP contribution in [-0.2, 0) is 5.41 Å². The number of fused-ring (bicyclic) bond motifs is 5. The molecule has 1 aromatic heterocycles. The SMILES string of the molecule is c1ccc(-n2c3ccccc3c3cc(-c4ccccc4-c4ccc5c(c4)C(c4ccccc4)(c4ccccc4)c4ccccc4O5)ccc32)cc1. The van der Waals surface area contributed by atoms with Gasteiger partial charge >= 0.3 is 0 Å². The summed E-state index contributed by atoms with van der Waals surface area (Å²) < 4.78 is 9.08. The molecule has 0 bridgehead atoms. The molecule has 2 heterocycles. The van der Waals surface area contributed by atoms with Gasteiger partial charge < -0.3 is 9.30 Å². The van der Waals surface area contributed by atoms with E-state index < -0.39 is 5.41 Å². The lowest BCUT2D eigenvalue weighted by Crippen LogP contribution is -2.34. The average molecular weight is 652 g/mol. The van der Waals surface area contributed by atoms with Crippen molar-refractivity contribution in [3.05, 3.63) is 222 Å². The molecule has 0 unspecified atom stereocenters. The number of hydrogen-bond donors (Lipinski definition) is 0. The van der Waals surface area contributed by atoms with Crippen LogP contribution in [0.2, 0.25) is 0 Å². The van der Waals surface area contributed by atoms with E-state index in [1.54, 1.807) is 0 Å². The van der Waals surface area contributed by atoms with Gasteiger partial charge in [0.05, 0.1) is 16.4 Å². The number of aromatic nitrogens is 1. The minimum Gasteiger partial charge on any atom is -0.457 e. The predicted octanol–water partition coefficient (Wildman–Crippen LogP) is 12.6. The molecule has 9 aromatic rings. The Balaban J connectivity index is 1.19. The Hall–Kier alpha value is -6.64. The summed E-state index contributed by atoms with van der Waals surface area (Å²) in [6.45, 7) is 0. The van der Waals surface area contributed by atoms with E-state index in [2.05, 4.69) is 205 Å². The van der Waals surface area contributed by atoms with Crippen molar-refractivity contribution in [1.82, 2.24) is 4.57 Å². The second-order valence-corrected chi connectivity index (χ2v) is 13.3. The fourth-order valence-corrected chi connectivity index (χ4v) is 8.36. The first-order valence-corrected chi connectivity index (χ1v) is 17.5. The van der Waals surface area contributed by atoms with Crippen molar-refractivity contribution >= 4 is 21.8 Å². The Morgan fingerprint density at radius 1 is 0.373 bits per heavy atom. The van der Waals surface area contributed by atoms with E-state index in [1.807, 2.05) is 0 Å². The molecule has 1 aliphatic rings. The second kappa shape index (κ2) is 11.8. The number of ether oxygens (including phenoxy) is 1. The third-order valence-corrected chi connectivity index (χ3v) is 10.5. The number of hydrogen-bond acceptors (Lipinski definition) is 1. The molecule has 0 amide bonds. The number of nitrogens with zero attached hydrogens (tertiary/aromatic N) is 1. The zero-order valence-electron chi connectivity index (χ0n) is 27.9. The average Bonchev–Trinajstić information content (AvgIpc) is 3.54. The van der Waals surface area contributed by atoms with Gasteiger partial charge in [-0.2, -0.15) is 0 Å². The zero-order valence-corrected chi connectivity index (χ0v) is 27.9. The lowest BCUT2D eigenvalue weighted by molar-refractivity contribution is 0.434. The fraction of sp³-hybridized carbons (Fsp3) is 0.0204. The van der Waals surface area contributed by atoms with Crippen molar-refractivity contribution < 1.29 is 4.74 Å². The van der Waals surface area contributed by atoms with E-state index in [0.717, 1.165) is 33.9 Å². The van der Waals surface area contributed by atoms with Gasteiger partial charge in [-0.1, -0.05) is 152 Å². The maximum absolute atomic E-state index is 6.71. The molecule has 0 saturated carbocycles. The van der Waals surface area contributed by atoms with Gasteiger partial charge in [0.25, 0.3) is 0 Å². The molecule has 51 heavy (non-hydrogen) atoms. The summed E-state index contributed by atoms with van der Waals surface area (Å²) in [4.78, 5) is 0. The molecule has 0 spiro atoms. The highest BCUT2D eigenvalue weighted by atomic mass is 16.5. The van der Waals surface area contributed by atoms with Gasteiger partial charge in [0, 0.05) is 27.6 Å². The Morgan fingerprint density at radius 3 is 1.63 bits per heavy atom. The summed E-state index contributed by atoms with van der Waals surface area (Å²) >= 11 is 0. The van der Waals surface area contributed by atoms with Crippen LogP contribution < -0.4 is 4.74 Å². The van der Waals surface area contributed by atoms with E-state index in [1.165, 1.54) is 49.6 Å². The van der Waals surface area contributed by atoms with E-state index in [4.69, 9.17) is 4.74 Å². The number of para-hydroxylation sites is 3. The molecule has 240 valence electrons. The van der Waals surface area contributed by atoms with E-state index in [9.17, 15) is 0 Å². The van der Waals surface area contributed by atoms with Gasteiger partial charge in [-0.05, 0) is 81.9 Å². The molecule has 1 aliphatic heterocycles. The zero-order chi connectivity index (χ0) is 33.8. The second-order valence-electron chi connectivity index (χ2n) is 13.3. The molecular formula is C49H33NO. The number of benzene rings is 8. The smallest absolute Gasteiger partial charge is 0.132 e. The molecule has 0 radical (unpaired) electrons. The molecule has 0 N–H and O–H groups in total. The summed E-state index contributed by atoms with van der Waals surface area (Å²) in [6.07, 6.45) is 0. The third-order valence-electron chi connectivity index (χ3n) is 10.5. The predicted molar refractivity (Wildman–Crippen MR) is 210 cm³/mol. The molecule has 2 nitrogen and oxygen atoms in total. The molecule has 0 fully saturated rings. The van der Waals surface area contributed by atoms with Crippen LogP contribution in [0.3, 0.4) is 0 Å². The van der Waals surface area contributed by atoms with Gasteiger partial charge in [0.2, 0.25) is 0 Å². The molecule has 0 atom stereocenters. The first-order valence-electron chi connectivity index (χ1n) is 17.5. The van der Waals surface area contributed by atoms with Crippen molar-refractivity contribution in [3.63, 3.8) is 0 Å². The summed E-state index contributed by atoms with van der Waals surface area (Å²) in [5.41, 5.74) is 12.4. The quantitative estimate of drug-likeness (QED) is 0.181. The Kier molecular flexibility index (Phi) is 6.75. The molecule has 8 aromatic carbocycles. The minimum absolute atomic E-state index is 0.574. The summed E-state index contributed by atoms with van der Waals surface area (Å²) in [6, 6.07) is 72.0. The van der Waals surface area contributed by atoms with Gasteiger partial charge in [-0.3, -0.25) is 0 Å². The highest BCUT2D eigenvalue weighted by Crippen LogP contribution is 2.56. The van der Waals surface area contributed by atoms with Crippen LogP contribution in [0.25, 0.3) is 49.7 Å². The van der Waals surface area contributed by atoms with E-state index >= 15 is 0 Å².